The summed E-state index contributed by atoms with van der Waals surface area (Å²) in [6.07, 6.45) is 12.2. The monoisotopic (exact) mass is 297 g/mol. The fourth-order valence-electron chi connectivity index (χ4n) is 3.49. The first kappa shape index (κ1) is 19.0. The highest BCUT2D eigenvalue weighted by Gasteiger charge is 2.30. The maximum absolute atomic E-state index is 6.41. The average Bonchev–Trinajstić information content (AvgIpc) is 2.53. The van der Waals surface area contributed by atoms with Crippen LogP contribution in [0.15, 0.2) is 0 Å². The molecule has 0 bridgehead atoms. The van der Waals surface area contributed by atoms with Gasteiger partial charge in [-0.3, -0.25) is 0 Å². The lowest BCUT2D eigenvalue weighted by Gasteiger charge is -2.37. The molecule has 21 heavy (non-hydrogen) atoms. The molecule has 1 fully saturated rings. The first-order valence-corrected chi connectivity index (χ1v) is 9.59. The molecule has 0 aliphatic heterocycles. The Balaban J connectivity index is 2.43. The van der Waals surface area contributed by atoms with E-state index >= 15 is 0 Å². The Bertz CT molecular complexity index is 244. The molecule has 0 aromatic rings. The highest BCUT2D eigenvalue weighted by Crippen LogP contribution is 2.29. The lowest BCUT2D eigenvalue weighted by Crippen LogP contribution is -2.46. The number of nitrogens with one attached hydrogen (secondary N) is 1. The summed E-state index contributed by atoms with van der Waals surface area (Å²) in [6, 6.07) is 0.594. The highest BCUT2D eigenvalue weighted by atomic mass is 16.5. The first-order chi connectivity index (χ1) is 10.2. The Morgan fingerprint density at radius 2 is 1.90 bits per heavy atom. The summed E-state index contributed by atoms with van der Waals surface area (Å²) in [5.74, 6) is 1.64. The molecular weight excluding hydrogens is 258 g/mol. The molecule has 2 nitrogen and oxygen atoms in total. The predicted molar refractivity (Wildman–Crippen MR) is 92.8 cm³/mol. The maximum atomic E-state index is 6.41. The van der Waals surface area contributed by atoms with E-state index in [0.29, 0.717) is 12.1 Å². The molecule has 0 radical (unpaired) electrons. The Morgan fingerprint density at radius 1 is 1.10 bits per heavy atom. The summed E-state index contributed by atoms with van der Waals surface area (Å²) in [4.78, 5) is 0. The minimum absolute atomic E-state index is 0.450. The number of rotatable bonds is 11. The maximum Gasteiger partial charge on any atom is 0.0730 e. The molecule has 2 heteroatoms. The standard InChI is InChI=1S/C19H39NO/c1-5-9-10-17(8-4)15-21-19-14-16(7-3)11-12-18(19)20-13-6-2/h16-20H,5-15H2,1-4H3. The summed E-state index contributed by atoms with van der Waals surface area (Å²) >= 11 is 0. The smallest absolute Gasteiger partial charge is 0.0730 e. The molecule has 0 aromatic carbocycles. The molecule has 1 aliphatic carbocycles. The summed E-state index contributed by atoms with van der Waals surface area (Å²) in [5, 5.41) is 3.73. The minimum Gasteiger partial charge on any atom is -0.376 e. The van der Waals surface area contributed by atoms with Crippen LogP contribution in [0.2, 0.25) is 0 Å². The van der Waals surface area contributed by atoms with Crippen molar-refractivity contribution >= 4 is 0 Å². The predicted octanol–water partition coefficient (Wildman–Crippen LogP) is 5.17. The van der Waals surface area contributed by atoms with Crippen molar-refractivity contribution in [2.45, 2.75) is 97.6 Å². The van der Waals surface area contributed by atoms with Crippen molar-refractivity contribution in [1.29, 1.82) is 0 Å². The second-order valence-electron chi connectivity index (χ2n) is 6.94. The van der Waals surface area contributed by atoms with Crippen molar-refractivity contribution in [3.8, 4) is 0 Å². The third kappa shape index (κ3) is 7.15. The third-order valence-electron chi connectivity index (χ3n) is 5.22. The van der Waals surface area contributed by atoms with E-state index in [9.17, 15) is 0 Å². The van der Waals surface area contributed by atoms with Crippen LogP contribution in [-0.2, 0) is 4.74 Å². The molecule has 0 heterocycles. The lowest BCUT2D eigenvalue weighted by molar-refractivity contribution is -0.0277. The van der Waals surface area contributed by atoms with Crippen LogP contribution in [0, 0.1) is 11.8 Å². The van der Waals surface area contributed by atoms with Crippen LogP contribution in [0.25, 0.3) is 0 Å². The van der Waals surface area contributed by atoms with Crippen LogP contribution in [0.5, 0.6) is 0 Å². The summed E-state index contributed by atoms with van der Waals surface area (Å²) < 4.78 is 6.41. The van der Waals surface area contributed by atoms with Gasteiger partial charge in [-0.15, -0.1) is 0 Å². The van der Waals surface area contributed by atoms with Gasteiger partial charge < -0.3 is 10.1 Å². The molecule has 0 saturated heterocycles. The van der Waals surface area contributed by atoms with Crippen LogP contribution < -0.4 is 5.32 Å². The van der Waals surface area contributed by atoms with Gasteiger partial charge in [-0.05, 0) is 50.5 Å². The van der Waals surface area contributed by atoms with Crippen molar-refractivity contribution in [2.24, 2.45) is 11.8 Å². The summed E-state index contributed by atoms with van der Waals surface area (Å²) in [6.45, 7) is 11.3. The Kier molecular flexibility index (Phi) is 10.4. The lowest BCUT2D eigenvalue weighted by atomic mass is 9.82. The average molecular weight is 298 g/mol. The molecule has 1 N–H and O–H groups in total. The van der Waals surface area contributed by atoms with Crippen molar-refractivity contribution in [1.82, 2.24) is 5.32 Å². The zero-order valence-corrected chi connectivity index (χ0v) is 15.0. The Hall–Kier alpha value is -0.0800. The normalized spacial score (nSPS) is 27.7. The quantitative estimate of drug-likeness (QED) is 0.568. The van der Waals surface area contributed by atoms with E-state index in [2.05, 4.69) is 33.0 Å². The van der Waals surface area contributed by atoms with Gasteiger partial charge >= 0.3 is 0 Å². The van der Waals surface area contributed by atoms with Crippen molar-refractivity contribution in [3.05, 3.63) is 0 Å². The van der Waals surface area contributed by atoms with E-state index < -0.39 is 0 Å². The largest absolute Gasteiger partial charge is 0.376 e. The van der Waals surface area contributed by atoms with Gasteiger partial charge in [0.05, 0.1) is 6.10 Å². The third-order valence-corrected chi connectivity index (χ3v) is 5.22. The van der Waals surface area contributed by atoms with Gasteiger partial charge in [-0.1, -0.05) is 53.4 Å². The fourth-order valence-corrected chi connectivity index (χ4v) is 3.49. The zero-order valence-electron chi connectivity index (χ0n) is 15.0. The van der Waals surface area contributed by atoms with Gasteiger partial charge in [0.25, 0.3) is 0 Å². The van der Waals surface area contributed by atoms with Crippen LogP contribution in [0.3, 0.4) is 0 Å². The highest BCUT2D eigenvalue weighted by molar-refractivity contribution is 4.85. The van der Waals surface area contributed by atoms with E-state index in [1.54, 1.807) is 0 Å². The van der Waals surface area contributed by atoms with E-state index in [1.807, 2.05) is 0 Å². The van der Waals surface area contributed by atoms with Crippen LogP contribution >= 0.6 is 0 Å². The molecule has 0 spiro atoms. The van der Waals surface area contributed by atoms with Gasteiger partial charge in [-0.25, -0.2) is 0 Å². The Labute approximate surface area is 133 Å². The molecule has 1 aliphatic rings. The molecule has 0 amide bonds. The number of hydrogen-bond acceptors (Lipinski definition) is 2. The minimum atomic E-state index is 0.450. The van der Waals surface area contributed by atoms with Crippen LogP contribution in [-0.4, -0.2) is 25.3 Å². The Morgan fingerprint density at radius 3 is 2.52 bits per heavy atom. The number of ether oxygens (including phenoxy) is 1. The molecular formula is C19H39NO. The second-order valence-corrected chi connectivity index (χ2v) is 6.94. The topological polar surface area (TPSA) is 21.3 Å². The van der Waals surface area contributed by atoms with Gasteiger partial charge in [0.2, 0.25) is 0 Å². The molecule has 0 aromatic heterocycles. The van der Waals surface area contributed by atoms with Crippen molar-refractivity contribution in [3.63, 3.8) is 0 Å². The number of unbranched alkanes of at least 4 members (excludes halogenated alkanes) is 1. The van der Waals surface area contributed by atoms with E-state index in [4.69, 9.17) is 4.74 Å². The second kappa shape index (κ2) is 11.5. The van der Waals surface area contributed by atoms with Gasteiger partial charge in [-0.2, -0.15) is 0 Å². The molecule has 4 unspecified atom stereocenters. The van der Waals surface area contributed by atoms with Crippen molar-refractivity contribution < 1.29 is 4.74 Å². The molecule has 4 atom stereocenters. The van der Waals surface area contributed by atoms with E-state index in [1.165, 1.54) is 57.8 Å². The molecule has 126 valence electrons. The number of hydrogen-bond donors (Lipinski definition) is 1. The summed E-state index contributed by atoms with van der Waals surface area (Å²) in [5.41, 5.74) is 0. The SMILES string of the molecule is CCCCC(CC)COC1CC(CC)CCC1NCCC. The molecule has 1 saturated carbocycles. The van der Waals surface area contributed by atoms with E-state index in [0.717, 1.165) is 25.0 Å². The van der Waals surface area contributed by atoms with Crippen molar-refractivity contribution in [2.75, 3.05) is 13.2 Å². The van der Waals surface area contributed by atoms with Gasteiger partial charge in [0.15, 0.2) is 0 Å². The van der Waals surface area contributed by atoms with E-state index in [-0.39, 0.29) is 0 Å². The molecule has 1 rings (SSSR count). The zero-order chi connectivity index (χ0) is 15.5. The summed E-state index contributed by atoms with van der Waals surface area (Å²) in [7, 11) is 0. The van der Waals surface area contributed by atoms with Crippen LogP contribution in [0.4, 0.5) is 0 Å². The van der Waals surface area contributed by atoms with Gasteiger partial charge in [0, 0.05) is 12.6 Å². The first-order valence-electron chi connectivity index (χ1n) is 9.59. The van der Waals surface area contributed by atoms with Crippen LogP contribution in [0.1, 0.15) is 85.5 Å². The fraction of sp³-hybridized carbons (Fsp3) is 1.00. The van der Waals surface area contributed by atoms with Gasteiger partial charge in [0.1, 0.15) is 0 Å².